The van der Waals surface area contributed by atoms with E-state index in [1.54, 1.807) is 20.8 Å². The third-order valence-corrected chi connectivity index (χ3v) is 7.18. The summed E-state index contributed by atoms with van der Waals surface area (Å²) in [7, 11) is -3.88. The summed E-state index contributed by atoms with van der Waals surface area (Å²) in [6.45, 7) is 5.13. The van der Waals surface area contributed by atoms with Crippen molar-refractivity contribution in [2.45, 2.75) is 43.7 Å². The molecule has 3 aromatic rings. The van der Waals surface area contributed by atoms with Crippen LogP contribution in [0.1, 0.15) is 36.7 Å². The van der Waals surface area contributed by atoms with E-state index in [4.69, 9.17) is 11.6 Å². The van der Waals surface area contributed by atoms with Gasteiger partial charge < -0.3 is 10.6 Å². The van der Waals surface area contributed by atoms with Crippen LogP contribution in [0.2, 0.25) is 5.02 Å². The van der Waals surface area contributed by atoms with Crippen LogP contribution < -0.4 is 15.4 Å². The first kappa shape index (κ1) is 27.3. The minimum absolute atomic E-state index is 0.0699. The molecule has 3 aromatic carbocycles. The van der Waals surface area contributed by atoms with Crippen molar-refractivity contribution in [2.75, 3.05) is 5.32 Å². The molecule has 3 N–H and O–H groups in total. The highest BCUT2D eigenvalue weighted by molar-refractivity contribution is 7.89. The van der Waals surface area contributed by atoms with Crippen LogP contribution in [0, 0.1) is 5.82 Å². The van der Waals surface area contributed by atoms with Crippen molar-refractivity contribution in [3.8, 4) is 0 Å². The van der Waals surface area contributed by atoms with Crippen molar-refractivity contribution in [3.05, 3.63) is 94.8 Å². The van der Waals surface area contributed by atoms with Crippen LogP contribution >= 0.6 is 11.6 Å². The molecule has 0 spiro atoms. The molecule has 10 heteroatoms. The van der Waals surface area contributed by atoms with Gasteiger partial charge in [0.1, 0.15) is 16.8 Å². The summed E-state index contributed by atoms with van der Waals surface area (Å²) < 4.78 is 41.0. The molecule has 36 heavy (non-hydrogen) atoms. The van der Waals surface area contributed by atoms with Crippen LogP contribution in [0.5, 0.6) is 0 Å². The number of amides is 2. The topological polar surface area (TPSA) is 104 Å². The van der Waals surface area contributed by atoms with Crippen LogP contribution in [0.4, 0.5) is 10.1 Å². The Balaban J connectivity index is 1.81. The second-order valence-electron chi connectivity index (χ2n) is 9.21. The lowest BCUT2D eigenvalue weighted by atomic mass is 10.0. The van der Waals surface area contributed by atoms with Crippen molar-refractivity contribution in [3.63, 3.8) is 0 Å². The third-order valence-electron chi connectivity index (χ3n) is 4.94. The van der Waals surface area contributed by atoms with Gasteiger partial charge >= 0.3 is 0 Å². The Hall–Kier alpha value is -3.27. The van der Waals surface area contributed by atoms with E-state index in [0.717, 1.165) is 17.7 Å². The van der Waals surface area contributed by atoms with E-state index in [9.17, 15) is 22.4 Å². The number of anilines is 1. The van der Waals surface area contributed by atoms with Crippen molar-refractivity contribution in [2.24, 2.45) is 0 Å². The van der Waals surface area contributed by atoms with Gasteiger partial charge in [0, 0.05) is 23.2 Å². The van der Waals surface area contributed by atoms with Gasteiger partial charge in [0.25, 0.3) is 5.91 Å². The number of benzene rings is 3. The summed E-state index contributed by atoms with van der Waals surface area (Å²) >= 11 is 6.24. The molecular weight excluding hydrogens is 505 g/mol. The number of hydrogen-bond acceptors (Lipinski definition) is 4. The summed E-state index contributed by atoms with van der Waals surface area (Å²) in [6, 6.07) is 17.2. The molecule has 1 atom stereocenters. The number of hydrogen-bond donors (Lipinski definition) is 3. The van der Waals surface area contributed by atoms with E-state index < -0.39 is 39.2 Å². The maximum absolute atomic E-state index is 13.2. The van der Waals surface area contributed by atoms with E-state index in [0.29, 0.717) is 0 Å². The van der Waals surface area contributed by atoms with Gasteiger partial charge in [-0.25, -0.2) is 17.5 Å². The van der Waals surface area contributed by atoms with Crippen LogP contribution in [0.15, 0.2) is 77.7 Å². The van der Waals surface area contributed by atoms with E-state index in [-0.39, 0.29) is 27.6 Å². The molecule has 0 aliphatic carbocycles. The first-order valence-corrected chi connectivity index (χ1v) is 12.9. The summed E-state index contributed by atoms with van der Waals surface area (Å²) in [5, 5.41) is 5.30. The molecular formula is C26H27ClFN3O4S. The standard InChI is InChI=1S/C26H27ClFN3O4S/c1-26(2,3)31-36(34,35)23-14-13-20(16-21(23)27)29-25(33)22(15-17-7-5-4-6-8-17)30-24(32)18-9-11-19(28)12-10-18/h4-14,16,22,31H,15H2,1-3H3,(H,29,33)(H,30,32). The maximum atomic E-state index is 13.2. The summed E-state index contributed by atoms with van der Waals surface area (Å²) in [6.07, 6.45) is 0.190. The summed E-state index contributed by atoms with van der Waals surface area (Å²) in [5.41, 5.74) is 0.562. The first-order valence-electron chi connectivity index (χ1n) is 11.1. The predicted molar refractivity (Wildman–Crippen MR) is 138 cm³/mol. The molecule has 3 rings (SSSR count). The van der Waals surface area contributed by atoms with Crippen LogP contribution in [0.25, 0.3) is 0 Å². The van der Waals surface area contributed by atoms with E-state index in [1.165, 1.54) is 30.3 Å². The fourth-order valence-electron chi connectivity index (χ4n) is 3.39. The number of carbonyl (C=O) groups is 2. The molecule has 0 aromatic heterocycles. The van der Waals surface area contributed by atoms with Gasteiger partial charge in [-0.3, -0.25) is 9.59 Å². The average molecular weight is 532 g/mol. The van der Waals surface area contributed by atoms with Gasteiger partial charge in [0.2, 0.25) is 15.9 Å². The highest BCUT2D eigenvalue weighted by atomic mass is 35.5. The second kappa shape index (κ2) is 11.2. The lowest BCUT2D eigenvalue weighted by Gasteiger charge is -2.21. The molecule has 0 saturated carbocycles. The molecule has 0 aliphatic rings. The zero-order valence-corrected chi connectivity index (χ0v) is 21.6. The smallest absolute Gasteiger partial charge is 0.251 e. The summed E-state index contributed by atoms with van der Waals surface area (Å²) in [5.74, 6) is -1.56. The quantitative estimate of drug-likeness (QED) is 0.397. The number of sulfonamides is 1. The van der Waals surface area contributed by atoms with Crippen molar-refractivity contribution >= 4 is 39.1 Å². The third kappa shape index (κ3) is 7.61. The minimum atomic E-state index is -3.88. The number of rotatable bonds is 8. The normalized spacial score (nSPS) is 12.6. The fraction of sp³-hybridized carbons (Fsp3) is 0.231. The highest BCUT2D eigenvalue weighted by Crippen LogP contribution is 2.26. The Morgan fingerprint density at radius 1 is 0.972 bits per heavy atom. The van der Waals surface area contributed by atoms with Gasteiger partial charge in [-0.2, -0.15) is 0 Å². The maximum Gasteiger partial charge on any atom is 0.251 e. The molecule has 190 valence electrons. The van der Waals surface area contributed by atoms with Gasteiger partial charge in [0.15, 0.2) is 0 Å². The Morgan fingerprint density at radius 3 is 2.19 bits per heavy atom. The molecule has 0 bridgehead atoms. The molecule has 0 heterocycles. The SMILES string of the molecule is CC(C)(C)NS(=O)(=O)c1ccc(NC(=O)C(Cc2ccccc2)NC(=O)c2ccc(F)cc2)cc1Cl. The molecule has 0 aliphatic heterocycles. The average Bonchev–Trinajstić information content (AvgIpc) is 2.78. The van der Waals surface area contributed by atoms with Gasteiger partial charge in [-0.05, 0) is 68.8 Å². The first-order chi connectivity index (χ1) is 16.8. The summed E-state index contributed by atoms with van der Waals surface area (Å²) in [4.78, 5) is 25.8. The Labute approximate surface area is 215 Å². The van der Waals surface area contributed by atoms with Crippen molar-refractivity contribution < 1.29 is 22.4 Å². The van der Waals surface area contributed by atoms with Crippen LogP contribution in [-0.4, -0.2) is 31.8 Å². The van der Waals surface area contributed by atoms with Crippen LogP contribution in [0.3, 0.4) is 0 Å². The van der Waals surface area contributed by atoms with E-state index in [1.807, 2.05) is 30.3 Å². The Kier molecular flexibility index (Phi) is 8.50. The van der Waals surface area contributed by atoms with Crippen LogP contribution in [-0.2, 0) is 21.2 Å². The zero-order chi connectivity index (χ0) is 26.5. The molecule has 0 saturated heterocycles. The largest absolute Gasteiger partial charge is 0.340 e. The second-order valence-corrected chi connectivity index (χ2v) is 11.3. The van der Waals surface area contributed by atoms with Crippen molar-refractivity contribution in [1.29, 1.82) is 0 Å². The number of halogens is 2. The number of carbonyl (C=O) groups excluding carboxylic acids is 2. The Morgan fingerprint density at radius 2 is 1.61 bits per heavy atom. The van der Waals surface area contributed by atoms with E-state index in [2.05, 4.69) is 15.4 Å². The molecule has 1 unspecified atom stereocenters. The molecule has 0 radical (unpaired) electrons. The Bertz CT molecular complexity index is 1340. The van der Waals surface area contributed by atoms with Gasteiger partial charge in [0.05, 0.1) is 5.02 Å². The predicted octanol–water partition coefficient (Wildman–Crippen LogP) is 4.54. The van der Waals surface area contributed by atoms with E-state index >= 15 is 0 Å². The van der Waals surface area contributed by atoms with Gasteiger partial charge in [-0.15, -0.1) is 0 Å². The monoisotopic (exact) mass is 531 g/mol. The molecule has 7 nitrogen and oxygen atoms in total. The lowest BCUT2D eigenvalue weighted by Crippen LogP contribution is -2.45. The van der Waals surface area contributed by atoms with Crippen molar-refractivity contribution in [1.82, 2.24) is 10.0 Å². The minimum Gasteiger partial charge on any atom is -0.340 e. The zero-order valence-electron chi connectivity index (χ0n) is 20.0. The molecule has 2 amide bonds. The van der Waals surface area contributed by atoms with Gasteiger partial charge in [-0.1, -0.05) is 41.9 Å². The highest BCUT2D eigenvalue weighted by Gasteiger charge is 2.26. The molecule has 0 fully saturated rings. The lowest BCUT2D eigenvalue weighted by molar-refractivity contribution is -0.118. The number of nitrogens with one attached hydrogen (secondary N) is 3. The fourth-order valence-corrected chi connectivity index (χ4v) is 5.35.